The Morgan fingerprint density at radius 1 is 1.10 bits per heavy atom. The fourth-order valence-electron chi connectivity index (χ4n) is 2.42. The molecule has 1 aliphatic rings. The number of rotatable bonds is 2. The predicted octanol–water partition coefficient (Wildman–Crippen LogP) is 1.56. The first kappa shape index (κ1) is 12.2. The lowest BCUT2D eigenvalue weighted by Crippen LogP contribution is -2.20. The molecule has 0 atom stereocenters. The minimum absolute atomic E-state index is 0.602. The highest BCUT2D eigenvalue weighted by Gasteiger charge is 2.12. The molecule has 0 radical (unpaired) electrons. The number of nitrogens with zero attached hydrogens (tertiary/aromatic N) is 5. The summed E-state index contributed by atoms with van der Waals surface area (Å²) in [6.07, 6.45) is 8.51. The van der Waals surface area contributed by atoms with E-state index < -0.39 is 0 Å². The van der Waals surface area contributed by atoms with Gasteiger partial charge in [0.1, 0.15) is 5.69 Å². The van der Waals surface area contributed by atoms with E-state index in [9.17, 15) is 0 Å². The van der Waals surface area contributed by atoms with Crippen LogP contribution in [0, 0.1) is 0 Å². The average Bonchev–Trinajstić information content (AvgIpc) is 3.00. The third-order valence-corrected chi connectivity index (χ3v) is 3.50. The lowest BCUT2D eigenvalue weighted by atomic mass is 10.1. The highest BCUT2D eigenvalue weighted by molar-refractivity contribution is 5.65. The van der Waals surface area contributed by atoms with Crippen molar-refractivity contribution >= 4 is 11.2 Å². The van der Waals surface area contributed by atoms with Crippen LogP contribution in [0.3, 0.4) is 0 Å². The van der Waals surface area contributed by atoms with Crippen LogP contribution >= 0.6 is 0 Å². The van der Waals surface area contributed by atoms with E-state index in [2.05, 4.69) is 31.4 Å². The van der Waals surface area contributed by atoms with Crippen LogP contribution in [-0.4, -0.2) is 37.7 Å². The van der Waals surface area contributed by atoms with Crippen molar-refractivity contribution in [2.24, 2.45) is 0 Å². The Hall–Kier alpha value is -2.60. The predicted molar refractivity (Wildman–Crippen MR) is 79.5 cm³/mol. The second kappa shape index (κ2) is 5.06. The molecular weight excluding hydrogens is 264 g/mol. The van der Waals surface area contributed by atoms with E-state index in [4.69, 9.17) is 0 Å². The molecule has 1 N–H and O–H groups in total. The van der Waals surface area contributed by atoms with Crippen LogP contribution in [0.2, 0.25) is 0 Å². The zero-order valence-corrected chi connectivity index (χ0v) is 11.4. The topological polar surface area (TPSA) is 68.0 Å². The third kappa shape index (κ3) is 2.30. The van der Waals surface area contributed by atoms with Gasteiger partial charge in [-0.25, -0.2) is 14.5 Å². The maximum Gasteiger partial charge on any atom is 0.202 e. The SMILES string of the molecule is C1=C(c2cncc(-c3nc4ccccn4n3)n2)CCNC1. The van der Waals surface area contributed by atoms with Crippen molar-refractivity contribution < 1.29 is 0 Å². The fourth-order valence-corrected chi connectivity index (χ4v) is 2.42. The Labute approximate surface area is 121 Å². The monoisotopic (exact) mass is 278 g/mol. The van der Waals surface area contributed by atoms with Crippen molar-refractivity contribution in [1.29, 1.82) is 0 Å². The zero-order chi connectivity index (χ0) is 14.1. The molecule has 6 heteroatoms. The maximum absolute atomic E-state index is 4.67. The number of hydrogen-bond acceptors (Lipinski definition) is 5. The van der Waals surface area contributed by atoms with E-state index in [1.54, 1.807) is 16.9 Å². The molecule has 3 aromatic rings. The summed E-state index contributed by atoms with van der Waals surface area (Å²) in [5.41, 5.74) is 3.65. The fraction of sp³-hybridized carbons (Fsp3) is 0.200. The quantitative estimate of drug-likeness (QED) is 0.770. The molecule has 4 heterocycles. The molecule has 1 aliphatic heterocycles. The lowest BCUT2D eigenvalue weighted by molar-refractivity contribution is 0.736. The summed E-state index contributed by atoms with van der Waals surface area (Å²) < 4.78 is 1.74. The first-order valence-corrected chi connectivity index (χ1v) is 6.94. The van der Waals surface area contributed by atoms with Crippen LogP contribution in [0.5, 0.6) is 0 Å². The van der Waals surface area contributed by atoms with Crippen LogP contribution in [0.15, 0.2) is 42.9 Å². The van der Waals surface area contributed by atoms with Gasteiger partial charge in [-0.1, -0.05) is 12.1 Å². The normalized spacial score (nSPS) is 15.1. The summed E-state index contributed by atoms with van der Waals surface area (Å²) in [5.74, 6) is 0.602. The van der Waals surface area contributed by atoms with Crippen LogP contribution in [0.4, 0.5) is 0 Å². The second-order valence-electron chi connectivity index (χ2n) is 4.91. The van der Waals surface area contributed by atoms with Gasteiger partial charge in [-0.05, 0) is 30.7 Å². The Balaban J connectivity index is 1.76. The minimum Gasteiger partial charge on any atom is -0.313 e. The average molecular weight is 278 g/mol. The summed E-state index contributed by atoms with van der Waals surface area (Å²) in [7, 11) is 0. The van der Waals surface area contributed by atoms with E-state index in [-0.39, 0.29) is 0 Å². The van der Waals surface area contributed by atoms with Crippen molar-refractivity contribution in [2.75, 3.05) is 13.1 Å². The molecule has 4 rings (SSSR count). The molecule has 0 saturated heterocycles. The van der Waals surface area contributed by atoms with E-state index >= 15 is 0 Å². The zero-order valence-electron chi connectivity index (χ0n) is 11.4. The molecule has 0 bridgehead atoms. The van der Waals surface area contributed by atoms with Crippen molar-refractivity contribution in [1.82, 2.24) is 29.9 Å². The molecule has 0 spiro atoms. The Morgan fingerprint density at radius 3 is 2.90 bits per heavy atom. The van der Waals surface area contributed by atoms with Gasteiger partial charge in [-0.15, -0.1) is 5.10 Å². The van der Waals surface area contributed by atoms with Gasteiger partial charge in [0.05, 0.1) is 18.1 Å². The molecule has 0 aromatic carbocycles. The Kier molecular flexibility index (Phi) is 2.93. The first-order valence-electron chi connectivity index (χ1n) is 6.94. The molecule has 3 aromatic heterocycles. The van der Waals surface area contributed by atoms with Gasteiger partial charge in [0.2, 0.25) is 5.82 Å². The van der Waals surface area contributed by atoms with E-state index in [1.807, 2.05) is 24.4 Å². The van der Waals surface area contributed by atoms with Crippen molar-refractivity contribution in [3.05, 3.63) is 48.6 Å². The van der Waals surface area contributed by atoms with Crippen LogP contribution in [0.25, 0.3) is 22.7 Å². The Morgan fingerprint density at radius 2 is 2.05 bits per heavy atom. The molecule has 0 saturated carbocycles. The molecule has 0 fully saturated rings. The highest BCUT2D eigenvalue weighted by Crippen LogP contribution is 2.20. The summed E-state index contributed by atoms with van der Waals surface area (Å²) >= 11 is 0. The largest absolute Gasteiger partial charge is 0.313 e. The van der Waals surface area contributed by atoms with Gasteiger partial charge in [-0.3, -0.25) is 4.98 Å². The molecule has 0 amide bonds. The molecule has 0 aliphatic carbocycles. The van der Waals surface area contributed by atoms with E-state index in [1.165, 1.54) is 5.57 Å². The van der Waals surface area contributed by atoms with Gasteiger partial charge >= 0.3 is 0 Å². The van der Waals surface area contributed by atoms with Gasteiger partial charge in [0.25, 0.3) is 0 Å². The van der Waals surface area contributed by atoms with Crippen LogP contribution < -0.4 is 5.32 Å². The summed E-state index contributed by atoms with van der Waals surface area (Å²) in [4.78, 5) is 13.4. The van der Waals surface area contributed by atoms with Gasteiger partial charge < -0.3 is 5.32 Å². The second-order valence-corrected chi connectivity index (χ2v) is 4.91. The van der Waals surface area contributed by atoms with Crippen molar-refractivity contribution in [3.8, 4) is 11.5 Å². The summed E-state index contributed by atoms with van der Waals surface area (Å²) in [6, 6.07) is 5.78. The molecular formula is C15H14N6. The van der Waals surface area contributed by atoms with Crippen LogP contribution in [-0.2, 0) is 0 Å². The third-order valence-electron chi connectivity index (χ3n) is 3.50. The number of hydrogen-bond donors (Lipinski definition) is 1. The van der Waals surface area contributed by atoms with E-state index in [0.717, 1.165) is 30.9 Å². The summed E-state index contributed by atoms with van der Waals surface area (Å²) in [6.45, 7) is 1.86. The number of fused-ring (bicyclic) bond motifs is 1. The molecule has 6 nitrogen and oxygen atoms in total. The highest BCUT2D eigenvalue weighted by atomic mass is 15.3. The van der Waals surface area contributed by atoms with Crippen molar-refractivity contribution in [2.45, 2.75) is 6.42 Å². The molecule has 0 unspecified atom stereocenters. The number of nitrogens with one attached hydrogen (secondary N) is 1. The van der Waals surface area contributed by atoms with E-state index in [0.29, 0.717) is 11.5 Å². The standard InChI is InChI=1S/C15H14N6/c1-2-8-21-14(3-1)19-15(20-21)13-10-17-9-12(18-13)11-4-6-16-7-5-11/h1-4,8-10,16H,5-7H2. The molecule has 21 heavy (non-hydrogen) atoms. The smallest absolute Gasteiger partial charge is 0.202 e. The van der Waals surface area contributed by atoms with Gasteiger partial charge in [0.15, 0.2) is 5.65 Å². The minimum atomic E-state index is 0.602. The van der Waals surface area contributed by atoms with Gasteiger partial charge in [0, 0.05) is 12.7 Å². The summed E-state index contributed by atoms with van der Waals surface area (Å²) in [5, 5.41) is 7.74. The lowest BCUT2D eigenvalue weighted by Gasteiger charge is -2.13. The van der Waals surface area contributed by atoms with Crippen LogP contribution in [0.1, 0.15) is 12.1 Å². The van der Waals surface area contributed by atoms with Crippen molar-refractivity contribution in [3.63, 3.8) is 0 Å². The number of aromatic nitrogens is 5. The Bertz CT molecular complexity index is 787. The molecule has 104 valence electrons. The first-order chi connectivity index (χ1) is 10.4. The van der Waals surface area contributed by atoms with Gasteiger partial charge in [-0.2, -0.15) is 0 Å². The maximum atomic E-state index is 4.67. The number of pyridine rings is 1.